The maximum absolute atomic E-state index is 13.6. The van der Waals surface area contributed by atoms with Gasteiger partial charge in [-0.05, 0) is 41.2 Å². The van der Waals surface area contributed by atoms with Crippen molar-refractivity contribution in [2.24, 2.45) is 0 Å². The van der Waals surface area contributed by atoms with Crippen molar-refractivity contribution in [3.05, 3.63) is 50.6 Å². The highest BCUT2D eigenvalue weighted by Crippen LogP contribution is 2.31. The Kier molecular flexibility index (Phi) is 3.68. The van der Waals surface area contributed by atoms with Crippen molar-refractivity contribution in [3.63, 3.8) is 0 Å². The molecule has 1 atom stereocenters. The first kappa shape index (κ1) is 11.7. The van der Waals surface area contributed by atoms with Crippen LogP contribution in [0.5, 0.6) is 0 Å². The maximum Gasteiger partial charge on any atom is 0.146 e. The van der Waals surface area contributed by atoms with Gasteiger partial charge in [-0.2, -0.15) is 0 Å². The van der Waals surface area contributed by atoms with Crippen molar-refractivity contribution in [2.75, 3.05) is 7.05 Å². The zero-order valence-electron chi connectivity index (χ0n) is 8.58. The molecule has 0 aliphatic carbocycles. The molecule has 0 radical (unpaired) electrons. The lowest BCUT2D eigenvalue weighted by Gasteiger charge is -2.15. The second-order valence-corrected chi connectivity index (χ2v) is 5.76. The van der Waals surface area contributed by atoms with Crippen molar-refractivity contribution in [1.82, 2.24) is 10.3 Å². The fourth-order valence-corrected chi connectivity index (χ4v) is 3.11. The molecule has 84 valence electrons. The Morgan fingerprint density at radius 1 is 1.44 bits per heavy atom. The van der Waals surface area contributed by atoms with Crippen molar-refractivity contribution in [3.8, 4) is 0 Å². The van der Waals surface area contributed by atoms with E-state index in [2.05, 4.69) is 26.2 Å². The molecular formula is C11H10BrFN2S. The summed E-state index contributed by atoms with van der Waals surface area (Å²) >= 11 is 5.00. The van der Waals surface area contributed by atoms with E-state index in [0.29, 0.717) is 5.56 Å². The van der Waals surface area contributed by atoms with Gasteiger partial charge in [-0.3, -0.25) is 4.98 Å². The molecule has 0 fully saturated rings. The highest BCUT2D eigenvalue weighted by atomic mass is 79.9. The number of aromatic nitrogens is 1. The maximum atomic E-state index is 13.6. The molecule has 2 rings (SSSR count). The average molecular weight is 301 g/mol. The molecule has 1 N–H and O–H groups in total. The van der Waals surface area contributed by atoms with Crippen molar-refractivity contribution in [1.29, 1.82) is 0 Å². The van der Waals surface area contributed by atoms with E-state index >= 15 is 0 Å². The van der Waals surface area contributed by atoms with Crippen molar-refractivity contribution >= 4 is 27.3 Å². The minimum atomic E-state index is -0.286. The van der Waals surface area contributed by atoms with Crippen LogP contribution >= 0.6 is 27.3 Å². The molecule has 2 nitrogen and oxygen atoms in total. The lowest BCUT2D eigenvalue weighted by molar-refractivity contribution is 0.574. The molecule has 0 bridgehead atoms. The SMILES string of the molecule is CNC(c1ccc(Br)s1)c1ccncc1F. The number of hydrogen-bond acceptors (Lipinski definition) is 3. The predicted octanol–water partition coefficient (Wildman–Crippen LogP) is 3.35. The molecule has 0 aliphatic heterocycles. The fraction of sp³-hybridized carbons (Fsp3) is 0.182. The molecule has 0 aromatic carbocycles. The van der Waals surface area contributed by atoms with Gasteiger partial charge in [-0.15, -0.1) is 11.3 Å². The number of rotatable bonds is 3. The summed E-state index contributed by atoms with van der Waals surface area (Å²) in [5.74, 6) is -0.286. The van der Waals surface area contributed by atoms with E-state index in [4.69, 9.17) is 0 Å². The number of hydrogen-bond donors (Lipinski definition) is 1. The monoisotopic (exact) mass is 300 g/mol. The topological polar surface area (TPSA) is 24.9 Å². The predicted molar refractivity (Wildman–Crippen MR) is 67.1 cm³/mol. The highest BCUT2D eigenvalue weighted by molar-refractivity contribution is 9.11. The van der Waals surface area contributed by atoms with Crippen LogP contribution in [-0.2, 0) is 0 Å². The number of pyridine rings is 1. The van der Waals surface area contributed by atoms with Crippen LogP contribution in [-0.4, -0.2) is 12.0 Å². The number of halogens is 2. The van der Waals surface area contributed by atoms with E-state index in [1.807, 2.05) is 19.2 Å². The van der Waals surface area contributed by atoms with Gasteiger partial charge in [0.05, 0.1) is 16.0 Å². The molecule has 2 aromatic rings. The van der Waals surface area contributed by atoms with Gasteiger partial charge in [0.2, 0.25) is 0 Å². The molecule has 5 heteroatoms. The third-order valence-corrected chi connectivity index (χ3v) is 3.97. The van der Waals surface area contributed by atoms with E-state index in [1.54, 1.807) is 23.6 Å². The van der Waals surface area contributed by atoms with Crippen LogP contribution in [0.2, 0.25) is 0 Å². The van der Waals surface area contributed by atoms with E-state index in [9.17, 15) is 4.39 Å². The van der Waals surface area contributed by atoms with Crippen molar-refractivity contribution < 1.29 is 4.39 Å². The summed E-state index contributed by atoms with van der Waals surface area (Å²) < 4.78 is 14.6. The van der Waals surface area contributed by atoms with Crippen LogP contribution in [0.15, 0.2) is 34.4 Å². The molecule has 0 aliphatic rings. The number of thiophene rings is 1. The summed E-state index contributed by atoms with van der Waals surface area (Å²) in [4.78, 5) is 4.82. The van der Waals surface area contributed by atoms with Gasteiger partial charge in [0, 0.05) is 16.6 Å². The molecule has 2 heterocycles. The first-order chi connectivity index (χ1) is 7.72. The summed E-state index contributed by atoms with van der Waals surface area (Å²) in [5.41, 5.74) is 0.617. The fourth-order valence-electron chi connectivity index (χ4n) is 1.55. The van der Waals surface area contributed by atoms with Gasteiger partial charge >= 0.3 is 0 Å². The Hall–Kier alpha value is -0.780. The van der Waals surface area contributed by atoms with Gasteiger partial charge < -0.3 is 5.32 Å². The third kappa shape index (κ3) is 2.31. The highest BCUT2D eigenvalue weighted by Gasteiger charge is 2.17. The summed E-state index contributed by atoms with van der Waals surface area (Å²) in [6.07, 6.45) is 2.84. The summed E-state index contributed by atoms with van der Waals surface area (Å²) in [6, 6.07) is 5.52. The molecule has 0 spiro atoms. The Bertz CT molecular complexity index is 486. The summed E-state index contributed by atoms with van der Waals surface area (Å²) in [7, 11) is 1.82. The standard InChI is InChI=1S/C11H10BrFN2S/c1-14-11(9-2-3-10(12)16-9)7-4-5-15-6-8(7)13/h2-6,11,14H,1H3. The summed E-state index contributed by atoms with van der Waals surface area (Å²) in [6.45, 7) is 0. The third-order valence-electron chi connectivity index (χ3n) is 2.28. The van der Waals surface area contributed by atoms with E-state index in [1.165, 1.54) is 6.20 Å². The molecule has 0 amide bonds. The zero-order valence-corrected chi connectivity index (χ0v) is 11.0. The van der Waals surface area contributed by atoms with Crippen LogP contribution in [0.1, 0.15) is 16.5 Å². The molecule has 1 unspecified atom stereocenters. The van der Waals surface area contributed by atoms with Gasteiger partial charge in [0.25, 0.3) is 0 Å². The zero-order chi connectivity index (χ0) is 11.5. The normalized spacial score (nSPS) is 12.7. The first-order valence-corrected chi connectivity index (χ1v) is 6.35. The quantitative estimate of drug-likeness (QED) is 0.940. The first-order valence-electron chi connectivity index (χ1n) is 4.74. The Morgan fingerprint density at radius 3 is 2.81 bits per heavy atom. The van der Waals surface area contributed by atoms with Crippen LogP contribution in [0, 0.1) is 5.82 Å². The van der Waals surface area contributed by atoms with Crippen LogP contribution in [0.4, 0.5) is 4.39 Å². The minimum Gasteiger partial charge on any atom is -0.309 e. The lowest BCUT2D eigenvalue weighted by Crippen LogP contribution is -2.17. The number of nitrogens with zero attached hydrogens (tertiary/aromatic N) is 1. The smallest absolute Gasteiger partial charge is 0.146 e. The van der Waals surface area contributed by atoms with Crippen LogP contribution < -0.4 is 5.32 Å². The van der Waals surface area contributed by atoms with Gasteiger partial charge in [0.15, 0.2) is 0 Å². The number of nitrogens with one attached hydrogen (secondary N) is 1. The minimum absolute atomic E-state index is 0.126. The molecule has 0 saturated heterocycles. The van der Waals surface area contributed by atoms with Crippen LogP contribution in [0.3, 0.4) is 0 Å². The average Bonchev–Trinajstić information content (AvgIpc) is 2.69. The van der Waals surface area contributed by atoms with Gasteiger partial charge in [0.1, 0.15) is 5.82 Å². The van der Waals surface area contributed by atoms with Gasteiger partial charge in [-0.1, -0.05) is 0 Å². The second-order valence-electron chi connectivity index (χ2n) is 3.26. The molecular weight excluding hydrogens is 291 g/mol. The lowest BCUT2D eigenvalue weighted by atomic mass is 10.1. The second kappa shape index (κ2) is 5.03. The Morgan fingerprint density at radius 2 is 2.25 bits per heavy atom. The van der Waals surface area contributed by atoms with Gasteiger partial charge in [-0.25, -0.2) is 4.39 Å². The molecule has 16 heavy (non-hydrogen) atoms. The largest absolute Gasteiger partial charge is 0.309 e. The summed E-state index contributed by atoms with van der Waals surface area (Å²) in [5, 5.41) is 3.11. The van der Waals surface area contributed by atoms with E-state index in [0.717, 1.165) is 8.66 Å². The van der Waals surface area contributed by atoms with Crippen molar-refractivity contribution in [2.45, 2.75) is 6.04 Å². The Balaban J connectivity index is 2.40. The van der Waals surface area contributed by atoms with E-state index < -0.39 is 0 Å². The molecule has 2 aromatic heterocycles. The Labute approximate surface area is 106 Å². The molecule has 0 saturated carbocycles. The van der Waals surface area contributed by atoms with E-state index in [-0.39, 0.29) is 11.9 Å². The van der Waals surface area contributed by atoms with Crippen LogP contribution in [0.25, 0.3) is 0 Å².